The van der Waals surface area contributed by atoms with E-state index in [-0.39, 0.29) is 11.5 Å². The van der Waals surface area contributed by atoms with Crippen LogP contribution in [0, 0.1) is 0 Å². The molecule has 0 aliphatic heterocycles. The Labute approximate surface area is 96.4 Å². The van der Waals surface area contributed by atoms with Crippen LogP contribution in [0.4, 0.5) is 13.2 Å². The fourth-order valence-electron chi connectivity index (χ4n) is 1.01. The fraction of sp³-hybridized carbons (Fsp3) is 0.333. The van der Waals surface area contributed by atoms with Gasteiger partial charge in [0.1, 0.15) is 0 Å². The van der Waals surface area contributed by atoms with Gasteiger partial charge in [-0.25, -0.2) is 8.42 Å². The molecule has 0 saturated heterocycles. The molecule has 0 spiro atoms. The van der Waals surface area contributed by atoms with Crippen LogP contribution in [0.15, 0.2) is 29.2 Å². The molecule has 0 bridgehead atoms. The summed E-state index contributed by atoms with van der Waals surface area (Å²) in [6.45, 7) is 1.68. The topological polar surface area (TPSA) is 55.4 Å². The van der Waals surface area contributed by atoms with E-state index in [2.05, 4.69) is 4.84 Å². The summed E-state index contributed by atoms with van der Waals surface area (Å²) in [6, 6.07) is 3.12. The maximum Gasteiger partial charge on any atom is 0.416 e. The third-order valence-electron chi connectivity index (χ3n) is 1.80. The van der Waals surface area contributed by atoms with E-state index in [1.54, 1.807) is 11.8 Å². The van der Waals surface area contributed by atoms with Crippen LogP contribution in [0.25, 0.3) is 0 Å². The number of rotatable bonds is 4. The molecule has 0 aliphatic rings. The van der Waals surface area contributed by atoms with Crippen molar-refractivity contribution in [1.29, 1.82) is 0 Å². The molecule has 0 unspecified atom stereocenters. The number of hydrogen-bond acceptors (Lipinski definition) is 3. The van der Waals surface area contributed by atoms with Crippen LogP contribution in [0.2, 0.25) is 0 Å². The number of benzene rings is 1. The van der Waals surface area contributed by atoms with Crippen molar-refractivity contribution < 1.29 is 26.4 Å². The van der Waals surface area contributed by atoms with Crippen LogP contribution in [0.3, 0.4) is 0 Å². The van der Waals surface area contributed by atoms with Gasteiger partial charge in [-0.15, -0.1) is 0 Å². The van der Waals surface area contributed by atoms with Crippen molar-refractivity contribution >= 4 is 10.0 Å². The maximum absolute atomic E-state index is 12.2. The number of sulfonamides is 1. The van der Waals surface area contributed by atoms with Gasteiger partial charge in [-0.3, -0.25) is 4.84 Å². The van der Waals surface area contributed by atoms with E-state index in [0.717, 1.165) is 12.1 Å². The normalized spacial score (nSPS) is 12.7. The molecule has 0 atom stereocenters. The second-order valence-corrected chi connectivity index (χ2v) is 4.69. The van der Waals surface area contributed by atoms with Gasteiger partial charge >= 0.3 is 6.18 Å². The summed E-state index contributed by atoms with van der Waals surface area (Å²) in [5.41, 5.74) is -0.909. The van der Waals surface area contributed by atoms with Crippen molar-refractivity contribution in [2.45, 2.75) is 18.0 Å². The van der Waals surface area contributed by atoms with Crippen LogP contribution in [0.1, 0.15) is 12.5 Å². The summed E-state index contributed by atoms with van der Waals surface area (Å²) in [5, 5.41) is 0. The Morgan fingerprint density at radius 2 is 1.76 bits per heavy atom. The second-order valence-electron chi connectivity index (χ2n) is 3.04. The Balaban J connectivity index is 2.95. The van der Waals surface area contributed by atoms with Crippen LogP contribution < -0.4 is 4.89 Å². The molecule has 96 valence electrons. The lowest BCUT2D eigenvalue weighted by Gasteiger charge is -2.08. The highest BCUT2D eigenvalue weighted by atomic mass is 32.2. The first kappa shape index (κ1) is 13.9. The van der Waals surface area contributed by atoms with Crippen molar-refractivity contribution in [2.24, 2.45) is 0 Å². The van der Waals surface area contributed by atoms with E-state index in [1.807, 2.05) is 0 Å². The number of hydrogen-bond donors (Lipinski definition) is 1. The Bertz CT molecular complexity index is 467. The summed E-state index contributed by atoms with van der Waals surface area (Å²) in [5.74, 6) is 0. The Kier molecular flexibility index (Phi) is 4.12. The molecule has 0 radical (unpaired) electrons. The van der Waals surface area contributed by atoms with Gasteiger partial charge in [0.15, 0.2) is 0 Å². The minimum atomic E-state index is -4.49. The predicted octanol–water partition coefficient (Wildman–Crippen LogP) is 1.94. The van der Waals surface area contributed by atoms with Crippen LogP contribution in [0.5, 0.6) is 0 Å². The highest BCUT2D eigenvalue weighted by Gasteiger charge is 2.30. The molecule has 1 aromatic rings. The van der Waals surface area contributed by atoms with Crippen molar-refractivity contribution in [1.82, 2.24) is 4.89 Å². The minimum Gasteiger partial charge on any atom is -0.287 e. The first-order chi connectivity index (χ1) is 7.77. The Morgan fingerprint density at radius 1 is 1.24 bits per heavy atom. The molecule has 1 rings (SSSR count). The van der Waals surface area contributed by atoms with Crippen LogP contribution in [-0.2, 0) is 21.0 Å². The van der Waals surface area contributed by atoms with Gasteiger partial charge in [0.25, 0.3) is 10.0 Å². The minimum absolute atomic E-state index is 0.111. The predicted molar refractivity (Wildman–Crippen MR) is 53.4 cm³/mol. The summed E-state index contributed by atoms with van der Waals surface area (Å²) < 4.78 is 59.6. The van der Waals surface area contributed by atoms with Gasteiger partial charge in [-0.1, -0.05) is 4.89 Å². The molecular formula is C9H10F3NO3S. The highest BCUT2D eigenvalue weighted by Crippen LogP contribution is 2.29. The SMILES string of the molecule is CCONS(=O)(=O)c1ccc(C(F)(F)F)cc1. The zero-order valence-corrected chi connectivity index (χ0v) is 9.60. The summed E-state index contributed by atoms with van der Waals surface area (Å²) in [4.78, 5) is 5.97. The third kappa shape index (κ3) is 3.69. The molecule has 1 N–H and O–H groups in total. The fourth-order valence-corrected chi connectivity index (χ4v) is 1.87. The number of alkyl halides is 3. The van der Waals surface area contributed by atoms with Crippen molar-refractivity contribution in [3.05, 3.63) is 29.8 Å². The average molecular weight is 269 g/mol. The average Bonchev–Trinajstić information content (AvgIpc) is 2.25. The summed E-state index contributed by atoms with van der Waals surface area (Å²) in [6.07, 6.45) is -4.49. The van der Waals surface area contributed by atoms with Gasteiger partial charge in [0.2, 0.25) is 0 Å². The van der Waals surface area contributed by atoms with Crippen LogP contribution >= 0.6 is 0 Å². The quantitative estimate of drug-likeness (QED) is 0.850. The zero-order chi connectivity index (χ0) is 13.1. The van der Waals surface area contributed by atoms with Gasteiger partial charge in [0.05, 0.1) is 17.1 Å². The largest absolute Gasteiger partial charge is 0.416 e. The summed E-state index contributed by atoms with van der Waals surface area (Å²) in [7, 11) is -3.92. The van der Waals surface area contributed by atoms with E-state index >= 15 is 0 Å². The molecule has 0 fully saturated rings. The van der Waals surface area contributed by atoms with E-state index in [4.69, 9.17) is 0 Å². The van der Waals surface area contributed by atoms with E-state index < -0.39 is 21.8 Å². The van der Waals surface area contributed by atoms with Crippen molar-refractivity contribution in [3.8, 4) is 0 Å². The molecule has 1 aromatic carbocycles. The molecule has 0 amide bonds. The molecule has 0 saturated carbocycles. The number of nitrogens with one attached hydrogen (secondary N) is 1. The lowest BCUT2D eigenvalue weighted by molar-refractivity contribution is -0.137. The van der Waals surface area contributed by atoms with E-state index in [1.165, 1.54) is 0 Å². The molecule has 0 aliphatic carbocycles. The van der Waals surface area contributed by atoms with Crippen molar-refractivity contribution in [2.75, 3.05) is 6.61 Å². The first-order valence-corrected chi connectivity index (χ1v) is 6.06. The van der Waals surface area contributed by atoms with E-state index in [9.17, 15) is 21.6 Å². The molecule has 0 heterocycles. The van der Waals surface area contributed by atoms with Gasteiger partial charge in [-0.2, -0.15) is 13.2 Å². The second kappa shape index (κ2) is 5.03. The zero-order valence-electron chi connectivity index (χ0n) is 8.78. The number of halogens is 3. The molecule has 17 heavy (non-hydrogen) atoms. The van der Waals surface area contributed by atoms with Gasteiger partial charge < -0.3 is 0 Å². The lowest BCUT2D eigenvalue weighted by atomic mass is 10.2. The highest BCUT2D eigenvalue weighted by molar-refractivity contribution is 7.89. The Hall–Kier alpha value is -1.12. The van der Waals surface area contributed by atoms with Crippen molar-refractivity contribution in [3.63, 3.8) is 0 Å². The molecule has 8 heteroatoms. The third-order valence-corrected chi connectivity index (χ3v) is 3.03. The van der Waals surface area contributed by atoms with Crippen LogP contribution in [-0.4, -0.2) is 15.0 Å². The lowest BCUT2D eigenvalue weighted by Crippen LogP contribution is -2.24. The summed E-state index contributed by atoms with van der Waals surface area (Å²) >= 11 is 0. The first-order valence-electron chi connectivity index (χ1n) is 4.58. The maximum atomic E-state index is 12.2. The monoisotopic (exact) mass is 269 g/mol. The molecule has 4 nitrogen and oxygen atoms in total. The van der Waals surface area contributed by atoms with Gasteiger partial charge in [0, 0.05) is 0 Å². The van der Waals surface area contributed by atoms with E-state index in [0.29, 0.717) is 12.1 Å². The molecule has 0 aromatic heterocycles. The standard InChI is InChI=1S/C9H10F3NO3S/c1-2-16-13-17(14,15)8-5-3-7(4-6-8)9(10,11)12/h3-6,13H,2H2,1H3. The molecular weight excluding hydrogens is 259 g/mol. The van der Waals surface area contributed by atoms with Gasteiger partial charge in [-0.05, 0) is 31.2 Å². The Morgan fingerprint density at radius 3 is 2.18 bits per heavy atom. The smallest absolute Gasteiger partial charge is 0.287 e.